The number of carbonyl (C=O) groups excluding carboxylic acids is 3. The largest absolute Gasteiger partial charge is 0.507 e. The second kappa shape index (κ2) is 9.62. The molecule has 166 valence electrons. The van der Waals surface area contributed by atoms with Crippen molar-refractivity contribution in [3.8, 4) is 17.2 Å². The maximum Gasteiger partial charge on any atom is 0.341 e. The molecule has 1 N–H and O–H groups in total. The molecule has 2 amide bonds. The highest BCUT2D eigenvalue weighted by Gasteiger charge is 2.35. The van der Waals surface area contributed by atoms with Crippen molar-refractivity contribution < 1.29 is 29.0 Å². The number of hydrogen-bond acceptors (Lipinski definition) is 7. The van der Waals surface area contributed by atoms with E-state index in [4.69, 9.17) is 4.74 Å². The van der Waals surface area contributed by atoms with E-state index in [0.29, 0.717) is 17.1 Å². The number of phenolic OH excluding ortho intramolecular Hbond substituents is 1. The van der Waals surface area contributed by atoms with E-state index < -0.39 is 17.1 Å². The zero-order valence-electron chi connectivity index (χ0n) is 17.6. The Balaban J connectivity index is 1.51. The fourth-order valence-electron chi connectivity index (χ4n) is 3.22. The zero-order chi connectivity index (χ0) is 23.4. The minimum absolute atomic E-state index is 0.0271. The lowest BCUT2D eigenvalue weighted by Crippen LogP contribution is -2.27. The summed E-state index contributed by atoms with van der Waals surface area (Å²) in [5.74, 6) is -0.0881. The second-order valence-corrected chi connectivity index (χ2v) is 8.09. The number of aromatic hydroxyl groups is 1. The molecule has 7 nitrogen and oxygen atoms in total. The monoisotopic (exact) mass is 461 g/mol. The quantitative estimate of drug-likeness (QED) is 0.398. The van der Waals surface area contributed by atoms with Gasteiger partial charge in [0, 0.05) is 0 Å². The number of esters is 1. The Morgan fingerprint density at radius 2 is 1.76 bits per heavy atom. The van der Waals surface area contributed by atoms with Crippen molar-refractivity contribution in [2.75, 3.05) is 7.11 Å². The van der Waals surface area contributed by atoms with Crippen LogP contribution in [0.5, 0.6) is 17.2 Å². The van der Waals surface area contributed by atoms with Crippen molar-refractivity contribution in [3.05, 3.63) is 94.4 Å². The minimum atomic E-state index is -0.701. The van der Waals surface area contributed by atoms with E-state index in [9.17, 15) is 19.5 Å². The van der Waals surface area contributed by atoms with Gasteiger partial charge in [-0.05, 0) is 65.4 Å². The molecule has 0 unspecified atom stereocenters. The molecule has 3 aromatic rings. The zero-order valence-corrected chi connectivity index (χ0v) is 18.4. The van der Waals surface area contributed by atoms with Crippen LogP contribution >= 0.6 is 11.8 Å². The van der Waals surface area contributed by atoms with E-state index in [1.54, 1.807) is 24.3 Å². The van der Waals surface area contributed by atoms with Crippen molar-refractivity contribution in [1.82, 2.24) is 4.90 Å². The van der Waals surface area contributed by atoms with Gasteiger partial charge >= 0.3 is 5.97 Å². The van der Waals surface area contributed by atoms with Gasteiger partial charge in [0.05, 0.1) is 18.6 Å². The SMILES string of the molecule is COC(=O)c1cc(/C=C2/SC(=O)N(Cc3cccc(Oc4ccccc4)c3)C2=O)ccc1O. The van der Waals surface area contributed by atoms with Gasteiger partial charge in [0.25, 0.3) is 11.1 Å². The molecule has 3 aromatic carbocycles. The van der Waals surface area contributed by atoms with E-state index in [1.807, 2.05) is 36.4 Å². The summed E-state index contributed by atoms with van der Waals surface area (Å²) in [6, 6.07) is 20.8. The topological polar surface area (TPSA) is 93.1 Å². The number of para-hydroxylation sites is 1. The van der Waals surface area contributed by atoms with Gasteiger partial charge in [0.2, 0.25) is 0 Å². The predicted octanol–water partition coefficient (Wildman–Crippen LogP) is 5.21. The average Bonchev–Trinajstić information content (AvgIpc) is 3.08. The Bertz CT molecular complexity index is 1250. The molecule has 0 bridgehead atoms. The molecule has 4 rings (SSSR count). The maximum absolute atomic E-state index is 12.9. The lowest BCUT2D eigenvalue weighted by Gasteiger charge is -2.13. The number of ether oxygens (including phenoxy) is 2. The average molecular weight is 461 g/mol. The Morgan fingerprint density at radius 1 is 1.00 bits per heavy atom. The molecule has 8 heteroatoms. The molecule has 1 saturated heterocycles. The Kier molecular flexibility index (Phi) is 6.46. The lowest BCUT2D eigenvalue weighted by molar-refractivity contribution is -0.123. The van der Waals surface area contributed by atoms with E-state index in [-0.39, 0.29) is 22.8 Å². The number of amides is 2. The third-order valence-electron chi connectivity index (χ3n) is 4.82. The number of hydrogen-bond donors (Lipinski definition) is 1. The highest BCUT2D eigenvalue weighted by atomic mass is 32.2. The van der Waals surface area contributed by atoms with Crippen LogP contribution in [0.2, 0.25) is 0 Å². The molecule has 1 aliphatic rings. The Morgan fingerprint density at radius 3 is 2.52 bits per heavy atom. The van der Waals surface area contributed by atoms with E-state index in [0.717, 1.165) is 22.2 Å². The highest BCUT2D eigenvalue weighted by Crippen LogP contribution is 2.34. The number of nitrogens with zero attached hydrogens (tertiary/aromatic N) is 1. The number of benzene rings is 3. The van der Waals surface area contributed by atoms with Gasteiger partial charge in [0.15, 0.2) is 0 Å². The van der Waals surface area contributed by atoms with Crippen molar-refractivity contribution in [2.24, 2.45) is 0 Å². The molecule has 0 spiro atoms. The first-order valence-electron chi connectivity index (χ1n) is 9.93. The van der Waals surface area contributed by atoms with Gasteiger partial charge in [-0.3, -0.25) is 14.5 Å². The summed E-state index contributed by atoms with van der Waals surface area (Å²) in [6.45, 7) is 0.0942. The molecule has 33 heavy (non-hydrogen) atoms. The molecule has 0 aromatic heterocycles. The summed E-state index contributed by atoms with van der Waals surface area (Å²) in [6.07, 6.45) is 1.51. The number of phenols is 1. The summed E-state index contributed by atoms with van der Waals surface area (Å²) in [7, 11) is 1.21. The van der Waals surface area contributed by atoms with Crippen LogP contribution in [0.4, 0.5) is 4.79 Å². The van der Waals surface area contributed by atoms with Crippen LogP contribution in [-0.4, -0.2) is 34.2 Å². The van der Waals surface area contributed by atoms with E-state index in [1.165, 1.54) is 25.3 Å². The predicted molar refractivity (Wildman–Crippen MR) is 124 cm³/mol. The summed E-state index contributed by atoms with van der Waals surface area (Å²) < 4.78 is 10.5. The van der Waals surface area contributed by atoms with Crippen molar-refractivity contribution in [2.45, 2.75) is 6.54 Å². The molecule has 0 saturated carbocycles. The van der Waals surface area contributed by atoms with Gasteiger partial charge in [-0.25, -0.2) is 4.79 Å². The van der Waals surface area contributed by atoms with E-state index >= 15 is 0 Å². The lowest BCUT2D eigenvalue weighted by atomic mass is 10.1. The molecule has 1 aliphatic heterocycles. The molecule has 0 atom stereocenters. The fourth-order valence-corrected chi connectivity index (χ4v) is 4.06. The first-order chi connectivity index (χ1) is 15.9. The summed E-state index contributed by atoms with van der Waals surface area (Å²) in [5.41, 5.74) is 1.20. The molecular formula is C25H19NO6S. The van der Waals surface area contributed by atoms with Gasteiger partial charge in [-0.2, -0.15) is 0 Å². The molecular weight excluding hydrogens is 442 g/mol. The molecule has 0 aliphatic carbocycles. The Hall–Kier alpha value is -4.04. The standard InChI is InChI=1S/C25H19NO6S/c1-31-24(29)20-13-16(10-11-21(20)27)14-22-23(28)26(25(30)33-22)15-17-6-5-9-19(12-17)32-18-7-3-2-4-8-18/h2-14,27H,15H2,1H3/b22-14+. The summed E-state index contributed by atoms with van der Waals surface area (Å²) in [5, 5.41) is 9.45. The molecule has 1 heterocycles. The van der Waals surface area contributed by atoms with E-state index in [2.05, 4.69) is 4.74 Å². The van der Waals surface area contributed by atoms with Crippen LogP contribution in [0.15, 0.2) is 77.7 Å². The van der Waals surface area contributed by atoms with Gasteiger partial charge < -0.3 is 14.6 Å². The normalized spacial score (nSPS) is 14.6. The highest BCUT2D eigenvalue weighted by molar-refractivity contribution is 8.18. The number of rotatable bonds is 6. The summed E-state index contributed by atoms with van der Waals surface area (Å²) >= 11 is 0.816. The first-order valence-corrected chi connectivity index (χ1v) is 10.7. The Labute approximate surface area is 194 Å². The molecule has 0 radical (unpaired) electrons. The van der Waals surface area contributed by atoms with Crippen molar-refractivity contribution in [1.29, 1.82) is 0 Å². The van der Waals surface area contributed by atoms with Crippen LogP contribution in [-0.2, 0) is 16.1 Å². The van der Waals surface area contributed by atoms with Gasteiger partial charge in [-0.15, -0.1) is 0 Å². The van der Waals surface area contributed by atoms with Crippen LogP contribution < -0.4 is 4.74 Å². The van der Waals surface area contributed by atoms with Crippen LogP contribution in [0.25, 0.3) is 6.08 Å². The van der Waals surface area contributed by atoms with Gasteiger partial charge in [0.1, 0.15) is 22.8 Å². The third-order valence-corrected chi connectivity index (χ3v) is 5.72. The number of carbonyl (C=O) groups is 3. The third kappa shape index (κ3) is 5.07. The first kappa shape index (κ1) is 22.2. The second-order valence-electron chi connectivity index (χ2n) is 7.10. The minimum Gasteiger partial charge on any atom is -0.507 e. The fraction of sp³-hybridized carbons (Fsp3) is 0.0800. The summed E-state index contributed by atoms with van der Waals surface area (Å²) in [4.78, 5) is 38.6. The van der Waals surface area contributed by atoms with Crippen molar-refractivity contribution >= 4 is 35.0 Å². The van der Waals surface area contributed by atoms with Gasteiger partial charge in [-0.1, -0.05) is 36.4 Å². The van der Waals surface area contributed by atoms with Crippen LogP contribution in [0, 0.1) is 0 Å². The number of imide groups is 1. The van der Waals surface area contributed by atoms with Crippen molar-refractivity contribution in [3.63, 3.8) is 0 Å². The molecule has 1 fully saturated rings. The van der Waals surface area contributed by atoms with Crippen LogP contribution in [0.1, 0.15) is 21.5 Å². The maximum atomic E-state index is 12.9. The van der Waals surface area contributed by atoms with Crippen LogP contribution in [0.3, 0.4) is 0 Å². The smallest absolute Gasteiger partial charge is 0.341 e. The number of methoxy groups -OCH3 is 1. The number of thioether (sulfide) groups is 1.